The molecule has 1 N–H and O–H groups in total. The largest absolute Gasteiger partial charge is 0.455 e. The molecule has 0 aliphatic rings. The number of ether oxygens (including phenoxy) is 1. The fourth-order valence-corrected chi connectivity index (χ4v) is 2.57. The highest BCUT2D eigenvalue weighted by atomic mass is 79.9. The van der Waals surface area contributed by atoms with Gasteiger partial charge in [0, 0.05) is 11.1 Å². The Bertz CT molecular complexity index is 575. The van der Waals surface area contributed by atoms with Gasteiger partial charge in [0.05, 0.1) is 16.4 Å². The van der Waals surface area contributed by atoms with Gasteiger partial charge in [-0.2, -0.15) is 0 Å². The molecule has 1 aromatic heterocycles. The van der Waals surface area contributed by atoms with Gasteiger partial charge in [-0.25, -0.2) is 0 Å². The molecule has 5 heteroatoms. The molecule has 1 aromatic carbocycles. The molecule has 0 radical (unpaired) electrons. The summed E-state index contributed by atoms with van der Waals surface area (Å²) in [6.07, 6.45) is 1.73. The van der Waals surface area contributed by atoms with Crippen molar-refractivity contribution in [3.05, 3.63) is 51.7 Å². The van der Waals surface area contributed by atoms with Crippen LogP contribution >= 0.6 is 27.5 Å². The molecule has 1 heterocycles. The Hall–Kier alpha value is -1.10. The molecule has 0 aliphatic heterocycles. The second kappa shape index (κ2) is 7.07. The van der Waals surface area contributed by atoms with E-state index in [4.69, 9.17) is 16.3 Å². The number of nitrogens with zero attached hydrogens (tertiary/aromatic N) is 1. The van der Waals surface area contributed by atoms with Crippen molar-refractivity contribution in [2.75, 3.05) is 6.54 Å². The molecular weight excluding hydrogens is 340 g/mol. The molecule has 0 spiro atoms. The van der Waals surface area contributed by atoms with E-state index in [1.165, 1.54) is 0 Å². The first-order chi connectivity index (χ1) is 9.60. The summed E-state index contributed by atoms with van der Waals surface area (Å²) in [5, 5.41) is 3.98. The molecule has 0 saturated carbocycles. The Morgan fingerprint density at radius 3 is 2.75 bits per heavy atom. The van der Waals surface area contributed by atoms with Crippen LogP contribution in [0.2, 0.25) is 5.02 Å². The van der Waals surface area contributed by atoms with Crippen molar-refractivity contribution in [2.24, 2.45) is 0 Å². The summed E-state index contributed by atoms with van der Waals surface area (Å²) >= 11 is 9.32. The van der Waals surface area contributed by atoms with Gasteiger partial charge in [0.2, 0.25) is 0 Å². The summed E-state index contributed by atoms with van der Waals surface area (Å²) in [5.74, 6) is 1.41. The van der Waals surface area contributed by atoms with Gasteiger partial charge in [0.1, 0.15) is 11.5 Å². The summed E-state index contributed by atoms with van der Waals surface area (Å²) < 4.78 is 6.59. The number of nitrogens with one attached hydrogen (secondary N) is 1. The smallest absolute Gasteiger partial charge is 0.145 e. The van der Waals surface area contributed by atoms with Gasteiger partial charge in [-0.1, -0.05) is 18.5 Å². The molecule has 0 amide bonds. The lowest BCUT2D eigenvalue weighted by molar-refractivity contribution is 0.475. The van der Waals surface area contributed by atoms with Gasteiger partial charge in [0.25, 0.3) is 0 Å². The molecule has 2 rings (SSSR count). The zero-order valence-corrected chi connectivity index (χ0v) is 13.7. The zero-order chi connectivity index (χ0) is 14.5. The van der Waals surface area contributed by atoms with E-state index in [9.17, 15) is 0 Å². The summed E-state index contributed by atoms with van der Waals surface area (Å²) in [4.78, 5) is 4.41. The highest BCUT2D eigenvalue weighted by molar-refractivity contribution is 9.10. The van der Waals surface area contributed by atoms with Crippen LogP contribution in [0.4, 0.5) is 0 Å². The maximum absolute atomic E-state index is 5.90. The highest BCUT2D eigenvalue weighted by Gasteiger charge is 2.07. The van der Waals surface area contributed by atoms with Crippen molar-refractivity contribution in [1.82, 2.24) is 10.3 Å². The number of pyridine rings is 1. The molecule has 1 atom stereocenters. The number of hydrogen-bond acceptors (Lipinski definition) is 3. The molecule has 20 heavy (non-hydrogen) atoms. The Morgan fingerprint density at radius 1 is 1.35 bits per heavy atom. The zero-order valence-electron chi connectivity index (χ0n) is 11.4. The topological polar surface area (TPSA) is 34.1 Å². The molecule has 0 bridgehead atoms. The first kappa shape index (κ1) is 15.3. The van der Waals surface area contributed by atoms with E-state index in [1.54, 1.807) is 18.3 Å². The van der Waals surface area contributed by atoms with Crippen molar-refractivity contribution in [2.45, 2.75) is 19.9 Å². The average Bonchev–Trinajstić information content (AvgIpc) is 2.43. The van der Waals surface area contributed by atoms with Crippen molar-refractivity contribution in [3.8, 4) is 11.5 Å². The van der Waals surface area contributed by atoms with Gasteiger partial charge >= 0.3 is 0 Å². The summed E-state index contributed by atoms with van der Waals surface area (Å²) in [6.45, 7) is 5.08. The first-order valence-electron chi connectivity index (χ1n) is 6.42. The van der Waals surface area contributed by atoms with Crippen LogP contribution in [-0.2, 0) is 0 Å². The molecule has 0 saturated heterocycles. The lowest BCUT2D eigenvalue weighted by Crippen LogP contribution is -2.18. The minimum atomic E-state index is 0.233. The lowest BCUT2D eigenvalue weighted by atomic mass is 10.2. The summed E-state index contributed by atoms with van der Waals surface area (Å²) in [6, 6.07) is 9.52. The van der Waals surface area contributed by atoms with Crippen LogP contribution in [0.1, 0.15) is 25.6 Å². The summed E-state index contributed by atoms with van der Waals surface area (Å²) in [5.41, 5.74) is 0.995. The fourth-order valence-electron chi connectivity index (χ4n) is 1.80. The second-order valence-corrected chi connectivity index (χ2v) is 5.67. The van der Waals surface area contributed by atoms with Crippen LogP contribution in [0.15, 0.2) is 41.0 Å². The van der Waals surface area contributed by atoms with E-state index in [0.29, 0.717) is 16.5 Å². The van der Waals surface area contributed by atoms with Crippen molar-refractivity contribution < 1.29 is 4.74 Å². The molecule has 0 fully saturated rings. The van der Waals surface area contributed by atoms with Crippen LogP contribution in [0.3, 0.4) is 0 Å². The number of benzene rings is 1. The second-order valence-electron chi connectivity index (χ2n) is 4.37. The molecule has 0 aliphatic carbocycles. The molecule has 106 valence electrons. The predicted molar refractivity (Wildman–Crippen MR) is 85.6 cm³/mol. The third kappa shape index (κ3) is 3.95. The number of rotatable bonds is 5. The molecule has 3 nitrogen and oxygen atoms in total. The minimum Gasteiger partial charge on any atom is -0.455 e. The quantitative estimate of drug-likeness (QED) is 0.823. The van der Waals surface area contributed by atoms with E-state index in [0.717, 1.165) is 16.7 Å². The van der Waals surface area contributed by atoms with E-state index < -0.39 is 0 Å². The third-order valence-electron chi connectivity index (χ3n) is 2.83. The standard InChI is InChI=1S/C15H16BrClN2O/c1-3-18-10(2)14-6-5-12(9-19-14)20-15-7-4-11(17)8-13(15)16/h4-10,18H,3H2,1-2H3. The predicted octanol–water partition coefficient (Wildman–Crippen LogP) is 4.96. The van der Waals surface area contributed by atoms with E-state index >= 15 is 0 Å². The number of aromatic nitrogens is 1. The van der Waals surface area contributed by atoms with Gasteiger partial charge in [-0.3, -0.25) is 4.98 Å². The van der Waals surface area contributed by atoms with Crippen LogP contribution in [0, 0.1) is 0 Å². The van der Waals surface area contributed by atoms with Crippen LogP contribution in [0.5, 0.6) is 11.5 Å². The van der Waals surface area contributed by atoms with E-state index in [-0.39, 0.29) is 6.04 Å². The van der Waals surface area contributed by atoms with Gasteiger partial charge in [0.15, 0.2) is 0 Å². The maximum Gasteiger partial charge on any atom is 0.145 e. The van der Waals surface area contributed by atoms with Crippen LogP contribution in [-0.4, -0.2) is 11.5 Å². The molecular formula is C15H16BrClN2O. The third-order valence-corrected chi connectivity index (χ3v) is 3.69. The van der Waals surface area contributed by atoms with Crippen molar-refractivity contribution >= 4 is 27.5 Å². The van der Waals surface area contributed by atoms with Crippen LogP contribution in [0.25, 0.3) is 0 Å². The molecule has 2 aromatic rings. The maximum atomic E-state index is 5.90. The first-order valence-corrected chi connectivity index (χ1v) is 7.59. The van der Waals surface area contributed by atoms with Gasteiger partial charge in [-0.15, -0.1) is 0 Å². The summed E-state index contributed by atoms with van der Waals surface area (Å²) in [7, 11) is 0. The van der Waals surface area contributed by atoms with Crippen molar-refractivity contribution in [3.63, 3.8) is 0 Å². The Labute approximate surface area is 132 Å². The van der Waals surface area contributed by atoms with E-state index in [1.807, 2.05) is 18.2 Å². The molecule has 1 unspecified atom stereocenters. The normalized spacial score (nSPS) is 12.2. The average molecular weight is 356 g/mol. The highest BCUT2D eigenvalue weighted by Crippen LogP contribution is 2.31. The number of halogens is 2. The fraction of sp³-hybridized carbons (Fsp3) is 0.267. The lowest BCUT2D eigenvalue weighted by Gasteiger charge is -2.12. The Morgan fingerprint density at radius 2 is 2.15 bits per heavy atom. The Kier molecular flexibility index (Phi) is 5.40. The van der Waals surface area contributed by atoms with Gasteiger partial charge in [-0.05, 0) is 59.7 Å². The van der Waals surface area contributed by atoms with Gasteiger partial charge < -0.3 is 10.1 Å². The SMILES string of the molecule is CCNC(C)c1ccc(Oc2ccc(Cl)cc2Br)cn1. The van der Waals surface area contributed by atoms with Crippen molar-refractivity contribution in [1.29, 1.82) is 0 Å². The monoisotopic (exact) mass is 354 g/mol. The minimum absolute atomic E-state index is 0.233. The van der Waals surface area contributed by atoms with E-state index in [2.05, 4.69) is 40.1 Å². The van der Waals surface area contributed by atoms with Crippen LogP contribution < -0.4 is 10.1 Å². The number of hydrogen-bond donors (Lipinski definition) is 1. The Balaban J connectivity index is 2.10.